The molecule has 0 aromatic heterocycles. The summed E-state index contributed by atoms with van der Waals surface area (Å²) in [4.78, 5) is 14.3. The van der Waals surface area contributed by atoms with Gasteiger partial charge in [-0.2, -0.15) is 0 Å². The van der Waals surface area contributed by atoms with Gasteiger partial charge in [-0.05, 0) is 31.0 Å². The Morgan fingerprint density at radius 3 is 2.70 bits per heavy atom. The largest absolute Gasteiger partial charge is 0.466 e. The molecule has 2 aliphatic rings. The Kier molecular flexibility index (Phi) is 3.36. The number of hydrogen-bond donors (Lipinski definition) is 1. The van der Waals surface area contributed by atoms with Crippen molar-refractivity contribution < 1.29 is 14.6 Å². The van der Waals surface area contributed by atoms with Crippen LogP contribution in [0.25, 0.3) is 5.57 Å². The van der Waals surface area contributed by atoms with Crippen molar-refractivity contribution in [1.29, 1.82) is 0 Å². The normalized spacial score (nSPS) is 29.6. The van der Waals surface area contributed by atoms with E-state index >= 15 is 0 Å². The van der Waals surface area contributed by atoms with Crippen LogP contribution >= 0.6 is 0 Å². The number of esters is 1. The smallest absolute Gasteiger partial charge is 0.335 e. The molecule has 4 heteroatoms. The van der Waals surface area contributed by atoms with Crippen LogP contribution in [0.5, 0.6) is 0 Å². The minimum atomic E-state index is -0.383. The van der Waals surface area contributed by atoms with Gasteiger partial charge in [-0.15, -0.1) is 0 Å². The molecular weight excluding hydrogens is 254 g/mol. The van der Waals surface area contributed by atoms with Gasteiger partial charge in [0.2, 0.25) is 0 Å². The molecular formula is C16H19NO3. The van der Waals surface area contributed by atoms with Crippen LogP contribution in [-0.4, -0.2) is 48.3 Å². The zero-order valence-corrected chi connectivity index (χ0v) is 11.7. The van der Waals surface area contributed by atoms with E-state index in [4.69, 9.17) is 4.74 Å². The highest BCUT2D eigenvalue weighted by Crippen LogP contribution is 2.42. The van der Waals surface area contributed by atoms with Gasteiger partial charge in [0.25, 0.3) is 0 Å². The molecule has 1 fully saturated rings. The topological polar surface area (TPSA) is 49.8 Å². The first-order chi connectivity index (χ1) is 9.63. The Labute approximate surface area is 118 Å². The number of carbonyl (C=O) groups excluding carboxylic acids is 1. The van der Waals surface area contributed by atoms with Crippen LogP contribution in [0.2, 0.25) is 0 Å². The van der Waals surface area contributed by atoms with Gasteiger partial charge in [0, 0.05) is 12.1 Å². The molecule has 0 amide bonds. The Morgan fingerprint density at radius 1 is 1.35 bits per heavy atom. The third-order valence-electron chi connectivity index (χ3n) is 4.52. The van der Waals surface area contributed by atoms with E-state index in [0.29, 0.717) is 18.4 Å². The summed E-state index contributed by atoms with van der Waals surface area (Å²) >= 11 is 0. The molecule has 3 rings (SSSR count). The molecule has 0 aliphatic carbocycles. The maximum absolute atomic E-state index is 12.2. The minimum Gasteiger partial charge on any atom is -0.466 e. The van der Waals surface area contributed by atoms with Crippen molar-refractivity contribution in [3.8, 4) is 0 Å². The molecule has 2 bridgehead atoms. The quantitative estimate of drug-likeness (QED) is 0.829. The van der Waals surface area contributed by atoms with Gasteiger partial charge in [-0.25, -0.2) is 4.79 Å². The predicted octanol–water partition coefficient (Wildman–Crippen LogP) is 1.45. The van der Waals surface area contributed by atoms with Crippen molar-refractivity contribution >= 4 is 11.5 Å². The summed E-state index contributed by atoms with van der Waals surface area (Å²) in [5.41, 5.74) is 2.77. The fourth-order valence-electron chi connectivity index (χ4n) is 3.46. The molecule has 3 atom stereocenters. The van der Waals surface area contributed by atoms with Gasteiger partial charge in [0.15, 0.2) is 0 Å². The first-order valence-electron chi connectivity index (χ1n) is 6.90. The van der Waals surface area contributed by atoms with E-state index in [0.717, 1.165) is 11.1 Å². The zero-order chi connectivity index (χ0) is 14.3. The molecule has 2 heterocycles. The molecule has 106 valence electrons. The number of ether oxygens (including phenoxy) is 1. The second-order valence-corrected chi connectivity index (χ2v) is 5.51. The van der Waals surface area contributed by atoms with Crippen molar-refractivity contribution in [3.63, 3.8) is 0 Å². The van der Waals surface area contributed by atoms with Gasteiger partial charge >= 0.3 is 5.97 Å². The second kappa shape index (κ2) is 5.04. The highest BCUT2D eigenvalue weighted by Gasteiger charge is 2.47. The minimum absolute atomic E-state index is 0.0496. The lowest BCUT2D eigenvalue weighted by atomic mass is 9.88. The van der Waals surface area contributed by atoms with Crippen LogP contribution in [0.1, 0.15) is 18.4 Å². The number of methoxy groups -OCH3 is 1. The second-order valence-electron chi connectivity index (χ2n) is 5.51. The summed E-state index contributed by atoms with van der Waals surface area (Å²) in [7, 11) is 3.38. The lowest BCUT2D eigenvalue weighted by Crippen LogP contribution is -2.42. The van der Waals surface area contributed by atoms with Crippen molar-refractivity contribution in [2.75, 3.05) is 14.2 Å². The van der Waals surface area contributed by atoms with E-state index in [9.17, 15) is 9.90 Å². The van der Waals surface area contributed by atoms with Gasteiger partial charge in [0.05, 0.1) is 18.8 Å². The first kappa shape index (κ1) is 13.3. The summed E-state index contributed by atoms with van der Waals surface area (Å²) in [5, 5.41) is 10.2. The number of carbonyl (C=O) groups is 1. The van der Waals surface area contributed by atoms with Crippen LogP contribution in [0.4, 0.5) is 0 Å². The van der Waals surface area contributed by atoms with Crippen LogP contribution < -0.4 is 0 Å². The maximum Gasteiger partial charge on any atom is 0.335 e. The molecule has 2 aliphatic heterocycles. The molecule has 1 saturated heterocycles. The van der Waals surface area contributed by atoms with E-state index in [1.165, 1.54) is 7.11 Å². The van der Waals surface area contributed by atoms with Gasteiger partial charge in [0.1, 0.15) is 0 Å². The Balaban J connectivity index is 2.12. The highest BCUT2D eigenvalue weighted by molar-refractivity contribution is 5.99. The van der Waals surface area contributed by atoms with Crippen molar-refractivity contribution in [2.45, 2.75) is 31.0 Å². The number of fused-ring (bicyclic) bond motifs is 2. The number of hydrogen-bond acceptors (Lipinski definition) is 4. The van der Waals surface area contributed by atoms with Crippen LogP contribution in [0.15, 0.2) is 35.9 Å². The van der Waals surface area contributed by atoms with E-state index < -0.39 is 0 Å². The molecule has 1 aromatic carbocycles. The van der Waals surface area contributed by atoms with E-state index in [1.807, 2.05) is 37.4 Å². The number of rotatable bonds is 2. The van der Waals surface area contributed by atoms with Crippen molar-refractivity contribution in [3.05, 3.63) is 41.5 Å². The lowest BCUT2D eigenvalue weighted by Gasteiger charge is -2.34. The van der Waals surface area contributed by atoms with Crippen LogP contribution in [0.3, 0.4) is 0 Å². The number of aliphatic hydroxyl groups excluding tert-OH is 1. The molecule has 1 aromatic rings. The molecule has 0 radical (unpaired) electrons. The monoisotopic (exact) mass is 273 g/mol. The molecule has 4 nitrogen and oxygen atoms in total. The van der Waals surface area contributed by atoms with E-state index in [-0.39, 0.29) is 24.2 Å². The predicted molar refractivity (Wildman–Crippen MR) is 76.0 cm³/mol. The average molecular weight is 273 g/mol. The number of benzene rings is 1. The summed E-state index contributed by atoms with van der Waals surface area (Å²) in [6.07, 6.45) is 0.899. The lowest BCUT2D eigenvalue weighted by molar-refractivity contribution is -0.136. The Bertz CT molecular complexity index is 552. The van der Waals surface area contributed by atoms with Gasteiger partial charge < -0.3 is 9.84 Å². The number of nitrogens with zero attached hydrogens (tertiary/aromatic N) is 1. The van der Waals surface area contributed by atoms with E-state index in [2.05, 4.69) is 4.90 Å². The molecule has 0 unspecified atom stereocenters. The SMILES string of the molecule is COC(=O)C1=C(c2ccccc2)C[C@@H]2[C@@H](O)C[C@H]1N2C. The maximum atomic E-state index is 12.2. The third-order valence-corrected chi connectivity index (χ3v) is 4.52. The molecule has 0 spiro atoms. The average Bonchev–Trinajstić information content (AvgIpc) is 2.66. The summed E-state index contributed by atoms with van der Waals surface area (Å²) in [5.74, 6) is -0.284. The van der Waals surface area contributed by atoms with Crippen LogP contribution in [0, 0.1) is 0 Å². The van der Waals surface area contributed by atoms with Crippen molar-refractivity contribution in [2.24, 2.45) is 0 Å². The zero-order valence-electron chi connectivity index (χ0n) is 11.7. The van der Waals surface area contributed by atoms with Gasteiger partial charge in [-0.1, -0.05) is 30.3 Å². The first-order valence-corrected chi connectivity index (χ1v) is 6.90. The van der Waals surface area contributed by atoms with E-state index in [1.54, 1.807) is 0 Å². The Morgan fingerprint density at radius 2 is 2.05 bits per heavy atom. The summed E-state index contributed by atoms with van der Waals surface area (Å²) in [6.45, 7) is 0. The number of aliphatic hydroxyl groups is 1. The molecule has 1 N–H and O–H groups in total. The Hall–Kier alpha value is -1.65. The summed E-state index contributed by atoms with van der Waals surface area (Å²) in [6, 6.07) is 9.95. The standard InChI is InChI=1S/C16H19NO3/c1-17-12-8-11(10-6-4-3-5-7-10)15(16(19)20-2)13(17)9-14(12)18/h3-7,12-14,18H,8-9H2,1-2H3/t12-,13-,14+/m1/s1. The fourth-order valence-corrected chi connectivity index (χ4v) is 3.46. The molecule has 0 saturated carbocycles. The fraction of sp³-hybridized carbons (Fsp3) is 0.438. The van der Waals surface area contributed by atoms with Crippen molar-refractivity contribution in [1.82, 2.24) is 4.90 Å². The van der Waals surface area contributed by atoms with Gasteiger partial charge in [-0.3, -0.25) is 4.90 Å². The van der Waals surface area contributed by atoms with Crippen LogP contribution in [-0.2, 0) is 9.53 Å². The highest BCUT2D eigenvalue weighted by atomic mass is 16.5. The summed E-state index contributed by atoms with van der Waals surface area (Å²) < 4.78 is 4.97. The number of likely N-dealkylation sites (N-methyl/N-ethyl adjacent to an activating group) is 1. The molecule has 20 heavy (non-hydrogen) atoms. The third kappa shape index (κ3) is 1.96.